The summed E-state index contributed by atoms with van der Waals surface area (Å²) < 4.78 is 0. The monoisotopic (exact) mass is 329 g/mol. The second-order valence-corrected chi connectivity index (χ2v) is 6.22. The molecule has 4 nitrogen and oxygen atoms in total. The molecule has 120 valence electrons. The molecule has 0 spiro atoms. The summed E-state index contributed by atoms with van der Waals surface area (Å²) in [5.74, 6) is 0.0561. The molecule has 1 fully saturated rings. The third-order valence-corrected chi connectivity index (χ3v) is 4.58. The molecule has 0 radical (unpaired) electrons. The molecule has 3 rings (SSSR count). The van der Waals surface area contributed by atoms with E-state index in [2.05, 4.69) is 4.90 Å². The Labute approximate surface area is 141 Å². The van der Waals surface area contributed by atoms with Crippen LogP contribution in [0.2, 0.25) is 5.02 Å². The maximum absolute atomic E-state index is 12.7. The fourth-order valence-electron chi connectivity index (χ4n) is 2.90. The number of benzene rings is 2. The van der Waals surface area contributed by atoms with E-state index in [0.29, 0.717) is 24.3 Å². The second kappa shape index (κ2) is 6.50. The van der Waals surface area contributed by atoms with E-state index in [1.54, 1.807) is 0 Å². The number of nitrogen functional groups attached to an aromatic ring is 1. The summed E-state index contributed by atoms with van der Waals surface area (Å²) in [6.07, 6.45) is 0. The first-order valence-electron chi connectivity index (χ1n) is 7.71. The number of rotatable bonds is 2. The minimum absolute atomic E-state index is 0.0561. The van der Waals surface area contributed by atoms with Crippen LogP contribution in [-0.2, 0) is 0 Å². The highest BCUT2D eigenvalue weighted by Gasteiger charge is 2.23. The Morgan fingerprint density at radius 1 is 1.09 bits per heavy atom. The van der Waals surface area contributed by atoms with E-state index in [-0.39, 0.29) is 5.91 Å². The molecule has 2 aromatic rings. The maximum atomic E-state index is 12.7. The van der Waals surface area contributed by atoms with Crippen molar-refractivity contribution < 1.29 is 4.79 Å². The summed E-state index contributed by atoms with van der Waals surface area (Å²) in [6, 6.07) is 13.3. The minimum Gasteiger partial charge on any atom is -0.398 e. The van der Waals surface area contributed by atoms with Gasteiger partial charge in [0, 0.05) is 48.1 Å². The van der Waals surface area contributed by atoms with Gasteiger partial charge < -0.3 is 15.5 Å². The second-order valence-electron chi connectivity index (χ2n) is 5.78. The van der Waals surface area contributed by atoms with Gasteiger partial charge in [-0.3, -0.25) is 4.79 Å². The van der Waals surface area contributed by atoms with Crippen molar-refractivity contribution in [3.05, 3.63) is 58.6 Å². The van der Waals surface area contributed by atoms with Crippen molar-refractivity contribution >= 4 is 28.9 Å². The molecule has 1 heterocycles. The summed E-state index contributed by atoms with van der Waals surface area (Å²) in [7, 11) is 0. The lowest BCUT2D eigenvalue weighted by Gasteiger charge is -2.36. The van der Waals surface area contributed by atoms with E-state index in [4.69, 9.17) is 17.3 Å². The molecular formula is C18H20ClN3O. The van der Waals surface area contributed by atoms with Crippen molar-refractivity contribution in [2.24, 2.45) is 0 Å². The zero-order chi connectivity index (χ0) is 16.4. The number of carbonyl (C=O) groups is 1. The van der Waals surface area contributed by atoms with Crippen molar-refractivity contribution in [3.63, 3.8) is 0 Å². The molecule has 1 aliphatic heterocycles. The van der Waals surface area contributed by atoms with Gasteiger partial charge in [-0.05, 0) is 42.8 Å². The lowest BCUT2D eigenvalue weighted by atomic mass is 10.1. The number of piperazine rings is 1. The minimum atomic E-state index is 0.0561. The molecule has 2 aromatic carbocycles. The molecule has 0 saturated carbocycles. The first-order valence-corrected chi connectivity index (χ1v) is 8.09. The van der Waals surface area contributed by atoms with Crippen LogP contribution >= 0.6 is 11.6 Å². The molecular weight excluding hydrogens is 310 g/mol. The van der Waals surface area contributed by atoms with E-state index in [9.17, 15) is 4.79 Å². The number of carbonyl (C=O) groups excluding carboxylic acids is 1. The van der Waals surface area contributed by atoms with Crippen molar-refractivity contribution in [2.45, 2.75) is 6.92 Å². The van der Waals surface area contributed by atoms with E-state index in [0.717, 1.165) is 29.4 Å². The van der Waals surface area contributed by atoms with Crippen LogP contribution in [0.1, 0.15) is 15.9 Å². The van der Waals surface area contributed by atoms with Crippen LogP contribution in [0.5, 0.6) is 0 Å². The van der Waals surface area contributed by atoms with E-state index < -0.39 is 0 Å². The highest BCUT2D eigenvalue weighted by molar-refractivity contribution is 6.30. The van der Waals surface area contributed by atoms with Crippen LogP contribution in [-0.4, -0.2) is 37.0 Å². The number of nitrogens with two attached hydrogens (primary N) is 1. The van der Waals surface area contributed by atoms with Crippen LogP contribution in [0.3, 0.4) is 0 Å². The molecule has 23 heavy (non-hydrogen) atoms. The van der Waals surface area contributed by atoms with Gasteiger partial charge in [-0.25, -0.2) is 0 Å². The number of anilines is 2. The number of nitrogens with zero attached hydrogens (tertiary/aromatic N) is 2. The molecule has 0 atom stereocenters. The van der Waals surface area contributed by atoms with Crippen molar-refractivity contribution in [1.82, 2.24) is 4.90 Å². The molecule has 5 heteroatoms. The predicted molar refractivity (Wildman–Crippen MR) is 95.2 cm³/mol. The van der Waals surface area contributed by atoms with Crippen LogP contribution < -0.4 is 10.6 Å². The Morgan fingerprint density at radius 2 is 1.78 bits per heavy atom. The van der Waals surface area contributed by atoms with Gasteiger partial charge in [-0.15, -0.1) is 0 Å². The summed E-state index contributed by atoms with van der Waals surface area (Å²) in [4.78, 5) is 16.8. The predicted octanol–water partition coefficient (Wildman–Crippen LogP) is 3.19. The van der Waals surface area contributed by atoms with Gasteiger partial charge in [-0.1, -0.05) is 23.7 Å². The topological polar surface area (TPSA) is 49.6 Å². The standard InChI is InChI=1S/C18H20ClN3O/c1-13-16(6-3-7-17(13)20)18(23)22-10-8-21(9-11-22)15-5-2-4-14(19)12-15/h2-7,12H,8-11,20H2,1H3. The summed E-state index contributed by atoms with van der Waals surface area (Å²) in [5, 5.41) is 0.733. The molecule has 0 unspecified atom stereocenters. The maximum Gasteiger partial charge on any atom is 0.254 e. The Balaban J connectivity index is 1.69. The lowest BCUT2D eigenvalue weighted by molar-refractivity contribution is 0.0746. The molecule has 0 aliphatic carbocycles. The van der Waals surface area contributed by atoms with E-state index in [1.165, 1.54) is 0 Å². The Morgan fingerprint density at radius 3 is 2.48 bits per heavy atom. The van der Waals surface area contributed by atoms with Crippen LogP contribution in [0, 0.1) is 6.92 Å². The van der Waals surface area contributed by atoms with Gasteiger partial charge in [0.15, 0.2) is 0 Å². The lowest BCUT2D eigenvalue weighted by Crippen LogP contribution is -2.49. The van der Waals surface area contributed by atoms with Crippen LogP contribution in [0.25, 0.3) is 0 Å². The SMILES string of the molecule is Cc1c(N)cccc1C(=O)N1CCN(c2cccc(Cl)c2)CC1. The zero-order valence-electron chi connectivity index (χ0n) is 13.1. The zero-order valence-corrected chi connectivity index (χ0v) is 13.9. The molecule has 2 N–H and O–H groups in total. The largest absolute Gasteiger partial charge is 0.398 e. The number of amides is 1. The molecule has 1 amide bonds. The first-order chi connectivity index (χ1) is 11.1. The van der Waals surface area contributed by atoms with Gasteiger partial charge in [0.2, 0.25) is 0 Å². The van der Waals surface area contributed by atoms with E-state index >= 15 is 0 Å². The Kier molecular flexibility index (Phi) is 4.44. The summed E-state index contributed by atoms with van der Waals surface area (Å²) >= 11 is 6.05. The normalized spacial score (nSPS) is 14.9. The van der Waals surface area contributed by atoms with Crippen molar-refractivity contribution in [2.75, 3.05) is 36.8 Å². The average molecular weight is 330 g/mol. The van der Waals surface area contributed by atoms with Gasteiger partial charge in [0.1, 0.15) is 0 Å². The molecule has 1 aliphatic rings. The highest BCUT2D eigenvalue weighted by atomic mass is 35.5. The van der Waals surface area contributed by atoms with Gasteiger partial charge in [0.25, 0.3) is 5.91 Å². The fourth-order valence-corrected chi connectivity index (χ4v) is 3.08. The van der Waals surface area contributed by atoms with Crippen LogP contribution in [0.4, 0.5) is 11.4 Å². The molecule has 0 aromatic heterocycles. The first kappa shape index (κ1) is 15.7. The third kappa shape index (κ3) is 3.27. The van der Waals surface area contributed by atoms with Crippen molar-refractivity contribution in [3.8, 4) is 0 Å². The molecule has 1 saturated heterocycles. The van der Waals surface area contributed by atoms with E-state index in [1.807, 2.05) is 54.3 Å². The third-order valence-electron chi connectivity index (χ3n) is 4.35. The molecule has 0 bridgehead atoms. The summed E-state index contributed by atoms with van der Waals surface area (Å²) in [6.45, 7) is 4.88. The number of hydrogen-bond acceptors (Lipinski definition) is 3. The van der Waals surface area contributed by atoms with Gasteiger partial charge >= 0.3 is 0 Å². The highest BCUT2D eigenvalue weighted by Crippen LogP contribution is 2.22. The van der Waals surface area contributed by atoms with Gasteiger partial charge in [0.05, 0.1) is 0 Å². The van der Waals surface area contributed by atoms with Crippen molar-refractivity contribution in [1.29, 1.82) is 0 Å². The van der Waals surface area contributed by atoms with Gasteiger partial charge in [-0.2, -0.15) is 0 Å². The summed E-state index contributed by atoms with van der Waals surface area (Å²) in [5.41, 5.74) is 9.22. The van der Waals surface area contributed by atoms with Crippen LogP contribution in [0.15, 0.2) is 42.5 Å². The average Bonchev–Trinajstić information content (AvgIpc) is 2.57. The Bertz CT molecular complexity index is 724. The number of hydrogen-bond donors (Lipinski definition) is 1. The smallest absolute Gasteiger partial charge is 0.254 e. The quantitative estimate of drug-likeness (QED) is 0.861. The fraction of sp³-hybridized carbons (Fsp3) is 0.278. The Hall–Kier alpha value is -2.20. The number of halogens is 1.